The first-order valence-electron chi connectivity index (χ1n) is 11.6. The second-order valence-corrected chi connectivity index (χ2v) is 8.86. The number of nitro benzene ring substituents is 1. The second kappa shape index (κ2) is 9.48. The van der Waals surface area contributed by atoms with Crippen LogP contribution in [0.5, 0.6) is 11.6 Å². The first kappa shape index (κ1) is 23.6. The highest BCUT2D eigenvalue weighted by atomic mass is 19.2. The van der Waals surface area contributed by atoms with Gasteiger partial charge >= 0.3 is 0 Å². The van der Waals surface area contributed by atoms with Crippen LogP contribution in [0.2, 0.25) is 0 Å². The third-order valence-electron chi connectivity index (χ3n) is 6.45. The Hall–Kier alpha value is -4.15. The molecule has 3 aromatic rings. The summed E-state index contributed by atoms with van der Waals surface area (Å²) >= 11 is 0. The average molecular weight is 495 g/mol. The topological polar surface area (TPSA) is 102 Å². The third-order valence-corrected chi connectivity index (χ3v) is 6.45. The van der Waals surface area contributed by atoms with Crippen molar-refractivity contribution in [3.63, 3.8) is 0 Å². The zero-order valence-corrected chi connectivity index (χ0v) is 19.5. The van der Waals surface area contributed by atoms with Crippen LogP contribution in [-0.2, 0) is 13.0 Å². The molecule has 2 aliphatic rings. The average Bonchev–Trinajstić information content (AvgIpc) is 3.41. The summed E-state index contributed by atoms with van der Waals surface area (Å²) in [5.41, 5.74) is 1.81. The first-order valence-corrected chi connectivity index (χ1v) is 11.6. The normalized spacial score (nSPS) is 15.1. The number of benzene rings is 2. The molecule has 1 aromatic heterocycles. The fraction of sp³-hybridized carbons (Fsp3) is 0.320. The van der Waals surface area contributed by atoms with Crippen LogP contribution < -0.4 is 9.64 Å². The minimum Gasteiger partial charge on any atom is -0.438 e. The second-order valence-electron chi connectivity index (χ2n) is 8.86. The Morgan fingerprint density at radius 1 is 1.06 bits per heavy atom. The Morgan fingerprint density at radius 3 is 2.56 bits per heavy atom. The van der Waals surface area contributed by atoms with Crippen molar-refractivity contribution in [1.29, 1.82) is 0 Å². The molecule has 186 valence electrons. The van der Waals surface area contributed by atoms with Crippen molar-refractivity contribution in [2.45, 2.75) is 32.7 Å². The van der Waals surface area contributed by atoms with E-state index in [1.54, 1.807) is 24.0 Å². The Bertz CT molecular complexity index is 1360. The summed E-state index contributed by atoms with van der Waals surface area (Å²) in [6.45, 7) is 3.69. The Labute approximate surface area is 205 Å². The molecule has 5 rings (SSSR count). The van der Waals surface area contributed by atoms with Crippen LogP contribution in [0.3, 0.4) is 0 Å². The first-order chi connectivity index (χ1) is 17.3. The molecule has 2 aliphatic heterocycles. The number of fused-ring (bicyclic) bond motifs is 1. The van der Waals surface area contributed by atoms with Crippen molar-refractivity contribution in [3.05, 3.63) is 80.5 Å². The molecule has 0 aliphatic carbocycles. The minimum atomic E-state index is -1.05. The lowest BCUT2D eigenvalue weighted by Crippen LogP contribution is -2.37. The Kier molecular flexibility index (Phi) is 6.21. The maximum absolute atomic E-state index is 13.8. The van der Waals surface area contributed by atoms with E-state index < -0.39 is 16.6 Å². The molecule has 0 spiro atoms. The van der Waals surface area contributed by atoms with Gasteiger partial charge in [0.2, 0.25) is 11.8 Å². The van der Waals surface area contributed by atoms with Gasteiger partial charge in [-0.25, -0.2) is 13.8 Å². The monoisotopic (exact) mass is 495 g/mol. The molecule has 1 saturated heterocycles. The molecule has 0 saturated carbocycles. The van der Waals surface area contributed by atoms with E-state index in [1.165, 1.54) is 12.1 Å². The van der Waals surface area contributed by atoms with Gasteiger partial charge in [-0.3, -0.25) is 14.9 Å². The quantitative estimate of drug-likeness (QED) is 0.378. The number of nitrogens with zero attached hydrogens (tertiary/aromatic N) is 5. The third kappa shape index (κ3) is 4.56. The molecule has 11 heteroatoms. The van der Waals surface area contributed by atoms with Gasteiger partial charge in [-0.05, 0) is 38.0 Å². The van der Waals surface area contributed by atoms with E-state index in [0.29, 0.717) is 35.7 Å². The number of anilines is 1. The molecule has 9 nitrogen and oxygen atoms in total. The lowest BCUT2D eigenvalue weighted by Gasteiger charge is -2.30. The van der Waals surface area contributed by atoms with Crippen molar-refractivity contribution in [3.8, 4) is 11.6 Å². The lowest BCUT2D eigenvalue weighted by atomic mass is 10.0. The number of rotatable bonds is 5. The van der Waals surface area contributed by atoms with Crippen molar-refractivity contribution in [1.82, 2.24) is 14.9 Å². The summed E-state index contributed by atoms with van der Waals surface area (Å²) in [6.07, 6.45) is 2.46. The van der Waals surface area contributed by atoms with E-state index in [1.807, 2.05) is 4.90 Å². The number of carbonyl (C=O) groups excluding carboxylic acids is 1. The van der Waals surface area contributed by atoms with Crippen LogP contribution in [-0.4, -0.2) is 45.3 Å². The van der Waals surface area contributed by atoms with E-state index in [4.69, 9.17) is 9.72 Å². The highest BCUT2D eigenvalue weighted by molar-refractivity contribution is 5.95. The van der Waals surface area contributed by atoms with Gasteiger partial charge < -0.3 is 14.5 Å². The summed E-state index contributed by atoms with van der Waals surface area (Å²) in [5.74, 6) is -1.68. The van der Waals surface area contributed by atoms with Crippen molar-refractivity contribution in [2.24, 2.45) is 0 Å². The van der Waals surface area contributed by atoms with Crippen molar-refractivity contribution >= 4 is 17.5 Å². The predicted octanol–water partition coefficient (Wildman–Crippen LogP) is 4.56. The maximum atomic E-state index is 13.8. The largest absolute Gasteiger partial charge is 0.438 e. The Balaban J connectivity index is 1.48. The fourth-order valence-corrected chi connectivity index (χ4v) is 4.46. The summed E-state index contributed by atoms with van der Waals surface area (Å²) < 4.78 is 33.2. The lowest BCUT2D eigenvalue weighted by molar-refractivity contribution is -0.385. The molecule has 2 aromatic carbocycles. The maximum Gasteiger partial charge on any atom is 0.273 e. The number of nitro groups is 1. The van der Waals surface area contributed by atoms with Gasteiger partial charge in [-0.1, -0.05) is 6.07 Å². The van der Waals surface area contributed by atoms with Crippen molar-refractivity contribution < 1.29 is 23.2 Å². The van der Waals surface area contributed by atoms with Crippen molar-refractivity contribution in [2.75, 3.05) is 24.5 Å². The summed E-state index contributed by atoms with van der Waals surface area (Å²) in [7, 11) is 0. The SMILES string of the molecule is Cc1ccc(C(=O)N2CCc3nc(N4CCCC4)nc(Oc4ccc(F)c(F)c4)c3C2)cc1[N+](=O)[O-]. The van der Waals surface area contributed by atoms with Crippen LogP contribution in [0.25, 0.3) is 0 Å². The standard InChI is InChI=1S/C25H23F2N5O4/c1-15-4-5-16(12-22(15)32(34)35)24(33)31-11-8-21-18(14-31)23(29-25(28-21)30-9-2-3-10-30)36-17-6-7-19(26)20(27)13-17/h4-7,12-13H,2-3,8-11,14H2,1H3. The molecule has 0 bridgehead atoms. The van der Waals surface area contributed by atoms with E-state index in [2.05, 4.69) is 4.98 Å². The van der Waals surface area contributed by atoms with Crippen LogP contribution in [0, 0.1) is 28.7 Å². The van der Waals surface area contributed by atoms with Gasteiger partial charge in [-0.15, -0.1) is 0 Å². The molecule has 36 heavy (non-hydrogen) atoms. The molecule has 0 atom stereocenters. The number of aryl methyl sites for hydroxylation is 1. The molecule has 1 amide bonds. The highest BCUT2D eigenvalue weighted by Crippen LogP contribution is 2.33. The zero-order chi connectivity index (χ0) is 25.4. The highest BCUT2D eigenvalue weighted by Gasteiger charge is 2.29. The summed E-state index contributed by atoms with van der Waals surface area (Å²) in [4.78, 5) is 37.0. The Morgan fingerprint density at radius 2 is 1.83 bits per heavy atom. The number of aromatic nitrogens is 2. The molecule has 0 N–H and O–H groups in total. The molecule has 1 fully saturated rings. The van der Waals surface area contributed by atoms with Gasteiger partial charge in [0, 0.05) is 49.3 Å². The van der Waals surface area contributed by atoms with E-state index in [9.17, 15) is 23.7 Å². The van der Waals surface area contributed by atoms with Gasteiger partial charge in [0.05, 0.1) is 22.7 Å². The van der Waals surface area contributed by atoms with Gasteiger partial charge in [-0.2, -0.15) is 4.98 Å². The number of hydrogen-bond acceptors (Lipinski definition) is 7. The van der Waals surface area contributed by atoms with E-state index in [0.717, 1.165) is 38.1 Å². The summed E-state index contributed by atoms with van der Waals surface area (Å²) in [6, 6.07) is 7.60. The number of hydrogen-bond donors (Lipinski definition) is 0. The van der Waals surface area contributed by atoms with E-state index >= 15 is 0 Å². The van der Waals surface area contributed by atoms with Gasteiger partial charge in [0.1, 0.15) is 5.75 Å². The minimum absolute atomic E-state index is 0.0692. The zero-order valence-electron chi connectivity index (χ0n) is 19.5. The fourth-order valence-electron chi connectivity index (χ4n) is 4.46. The number of halogens is 2. The smallest absolute Gasteiger partial charge is 0.273 e. The molecular weight excluding hydrogens is 472 g/mol. The van der Waals surface area contributed by atoms with E-state index in [-0.39, 0.29) is 35.3 Å². The number of amides is 1. The summed E-state index contributed by atoms with van der Waals surface area (Å²) in [5, 5.41) is 11.3. The van der Waals surface area contributed by atoms with Crippen LogP contribution >= 0.6 is 0 Å². The number of ether oxygens (including phenoxy) is 1. The van der Waals surface area contributed by atoms with Gasteiger partial charge in [0.15, 0.2) is 11.6 Å². The molecule has 0 radical (unpaired) electrons. The molecule has 0 unspecified atom stereocenters. The predicted molar refractivity (Wildman–Crippen MR) is 126 cm³/mol. The van der Waals surface area contributed by atoms with Crippen LogP contribution in [0.1, 0.15) is 40.0 Å². The molecular formula is C25H23F2N5O4. The van der Waals surface area contributed by atoms with Crippen LogP contribution in [0.4, 0.5) is 20.4 Å². The van der Waals surface area contributed by atoms with Crippen LogP contribution in [0.15, 0.2) is 36.4 Å². The van der Waals surface area contributed by atoms with Gasteiger partial charge in [0.25, 0.3) is 11.6 Å². The number of carbonyl (C=O) groups is 1. The molecule has 3 heterocycles.